The molecule has 0 saturated carbocycles. The molecule has 1 atom stereocenters. The Morgan fingerprint density at radius 1 is 1.36 bits per heavy atom. The Bertz CT molecular complexity index is 154. The third-order valence-corrected chi connectivity index (χ3v) is 1.94. The van der Waals surface area contributed by atoms with Gasteiger partial charge in [0.25, 0.3) is 5.92 Å². The maximum Gasteiger partial charge on any atom is 0.282 e. The highest BCUT2D eigenvalue weighted by molar-refractivity contribution is 4.67. The number of methoxy groups -OCH3 is 1. The monoisotopic (exact) mass is 211 g/mol. The Balaban J connectivity index is 3.71. The van der Waals surface area contributed by atoms with Crippen LogP contribution in [0.1, 0.15) is 13.8 Å². The Morgan fingerprint density at radius 3 is 2.29 bits per heavy atom. The predicted octanol–water partition coefficient (Wildman–Crippen LogP) is 1.27. The number of hydrogen-bond acceptors (Lipinski definition) is 3. The topological polar surface area (TPSA) is 44.5 Å². The highest BCUT2D eigenvalue weighted by Crippen LogP contribution is 2.12. The quantitative estimate of drug-likeness (QED) is 0.689. The van der Waals surface area contributed by atoms with E-state index in [0.717, 1.165) is 0 Å². The van der Waals surface area contributed by atoms with E-state index in [4.69, 9.17) is 15.2 Å². The van der Waals surface area contributed by atoms with Gasteiger partial charge in [0.1, 0.15) is 6.61 Å². The van der Waals surface area contributed by atoms with Crippen molar-refractivity contribution in [2.45, 2.75) is 25.9 Å². The van der Waals surface area contributed by atoms with Crippen molar-refractivity contribution in [3.8, 4) is 0 Å². The highest BCUT2D eigenvalue weighted by Gasteiger charge is 2.27. The Morgan fingerprint density at radius 2 is 1.93 bits per heavy atom. The van der Waals surface area contributed by atoms with Gasteiger partial charge in [0.15, 0.2) is 0 Å². The number of halogens is 2. The van der Waals surface area contributed by atoms with Crippen molar-refractivity contribution in [2.24, 2.45) is 11.7 Å². The zero-order valence-corrected chi connectivity index (χ0v) is 8.93. The van der Waals surface area contributed by atoms with Gasteiger partial charge in [0, 0.05) is 7.11 Å². The zero-order valence-electron chi connectivity index (χ0n) is 8.93. The standard InChI is InChI=1S/C9H19F2NO2/c1-7(2)8(13-3)4-14-6-9(10,11)5-12/h7-8H,4-6,12H2,1-3H3. The normalized spacial score (nSPS) is 14.8. The molecule has 0 amide bonds. The van der Waals surface area contributed by atoms with Gasteiger partial charge in [-0.25, -0.2) is 8.78 Å². The summed E-state index contributed by atoms with van der Waals surface area (Å²) in [6, 6.07) is 0. The fourth-order valence-corrected chi connectivity index (χ4v) is 0.916. The van der Waals surface area contributed by atoms with E-state index in [1.165, 1.54) is 7.11 Å². The van der Waals surface area contributed by atoms with E-state index in [9.17, 15) is 8.78 Å². The summed E-state index contributed by atoms with van der Waals surface area (Å²) in [6.45, 7) is 2.73. The molecule has 0 aromatic heterocycles. The molecule has 5 heteroatoms. The van der Waals surface area contributed by atoms with E-state index < -0.39 is 19.1 Å². The third-order valence-electron chi connectivity index (χ3n) is 1.94. The van der Waals surface area contributed by atoms with Gasteiger partial charge in [0.05, 0.1) is 19.3 Å². The first kappa shape index (κ1) is 13.7. The molecule has 0 spiro atoms. The number of alkyl halides is 2. The number of ether oxygens (including phenoxy) is 2. The van der Waals surface area contributed by atoms with Crippen LogP contribution in [0, 0.1) is 5.92 Å². The van der Waals surface area contributed by atoms with Crippen molar-refractivity contribution in [1.82, 2.24) is 0 Å². The molecule has 0 rings (SSSR count). The van der Waals surface area contributed by atoms with Crippen molar-refractivity contribution >= 4 is 0 Å². The summed E-state index contributed by atoms with van der Waals surface area (Å²) in [5.41, 5.74) is 4.85. The van der Waals surface area contributed by atoms with Crippen LogP contribution in [0.15, 0.2) is 0 Å². The second kappa shape index (κ2) is 6.27. The summed E-state index contributed by atoms with van der Waals surface area (Å²) in [7, 11) is 1.54. The summed E-state index contributed by atoms with van der Waals surface area (Å²) < 4.78 is 35.1. The molecule has 86 valence electrons. The minimum absolute atomic E-state index is 0.149. The van der Waals surface area contributed by atoms with Gasteiger partial charge in [-0.1, -0.05) is 13.8 Å². The van der Waals surface area contributed by atoms with Gasteiger partial charge in [-0.15, -0.1) is 0 Å². The Kier molecular flexibility index (Phi) is 6.15. The lowest BCUT2D eigenvalue weighted by Crippen LogP contribution is -2.35. The number of rotatable bonds is 7. The molecular weight excluding hydrogens is 192 g/mol. The summed E-state index contributed by atoms with van der Waals surface area (Å²) in [6.07, 6.45) is -0.149. The largest absolute Gasteiger partial charge is 0.379 e. The smallest absolute Gasteiger partial charge is 0.282 e. The molecule has 0 heterocycles. The SMILES string of the molecule is COC(COCC(F)(F)CN)C(C)C. The van der Waals surface area contributed by atoms with Crippen LogP contribution in [-0.4, -0.2) is 38.9 Å². The van der Waals surface area contributed by atoms with E-state index in [1.54, 1.807) is 0 Å². The van der Waals surface area contributed by atoms with Gasteiger partial charge >= 0.3 is 0 Å². The summed E-state index contributed by atoms with van der Waals surface area (Å²) in [5, 5.41) is 0. The average molecular weight is 211 g/mol. The molecule has 0 aromatic rings. The van der Waals surface area contributed by atoms with Crippen LogP contribution in [0.5, 0.6) is 0 Å². The lowest BCUT2D eigenvalue weighted by atomic mass is 10.1. The first-order valence-electron chi connectivity index (χ1n) is 4.61. The second-order valence-electron chi connectivity index (χ2n) is 3.59. The third kappa shape index (κ3) is 5.47. The maximum atomic E-state index is 12.6. The highest BCUT2D eigenvalue weighted by atomic mass is 19.3. The van der Waals surface area contributed by atoms with Crippen molar-refractivity contribution < 1.29 is 18.3 Å². The van der Waals surface area contributed by atoms with Crippen LogP contribution in [-0.2, 0) is 9.47 Å². The fraction of sp³-hybridized carbons (Fsp3) is 1.00. The molecule has 0 fully saturated rings. The van der Waals surface area contributed by atoms with Gasteiger partial charge < -0.3 is 15.2 Å². The summed E-state index contributed by atoms with van der Waals surface area (Å²) in [5.74, 6) is -2.69. The minimum Gasteiger partial charge on any atom is -0.379 e. The molecule has 2 N–H and O–H groups in total. The lowest BCUT2D eigenvalue weighted by molar-refractivity contribution is -0.0954. The van der Waals surface area contributed by atoms with Crippen LogP contribution in [0.25, 0.3) is 0 Å². The van der Waals surface area contributed by atoms with Crippen LogP contribution in [0.3, 0.4) is 0 Å². The van der Waals surface area contributed by atoms with Crippen molar-refractivity contribution in [2.75, 3.05) is 26.9 Å². The van der Waals surface area contributed by atoms with Crippen molar-refractivity contribution in [3.63, 3.8) is 0 Å². The molecule has 14 heavy (non-hydrogen) atoms. The van der Waals surface area contributed by atoms with Crippen LogP contribution in [0.4, 0.5) is 8.78 Å². The molecule has 0 aliphatic rings. The van der Waals surface area contributed by atoms with Gasteiger partial charge in [-0.05, 0) is 5.92 Å². The molecule has 0 saturated heterocycles. The van der Waals surface area contributed by atoms with E-state index in [-0.39, 0.29) is 18.6 Å². The van der Waals surface area contributed by atoms with Crippen molar-refractivity contribution in [3.05, 3.63) is 0 Å². The molecule has 3 nitrogen and oxygen atoms in total. The summed E-state index contributed by atoms with van der Waals surface area (Å²) in [4.78, 5) is 0. The molecule has 0 aromatic carbocycles. The maximum absolute atomic E-state index is 12.6. The predicted molar refractivity (Wildman–Crippen MR) is 50.5 cm³/mol. The van der Waals surface area contributed by atoms with E-state index in [0.29, 0.717) is 0 Å². The second-order valence-corrected chi connectivity index (χ2v) is 3.59. The molecule has 0 aliphatic heterocycles. The number of nitrogens with two attached hydrogens (primary N) is 1. The molecule has 1 unspecified atom stereocenters. The summed E-state index contributed by atoms with van der Waals surface area (Å²) >= 11 is 0. The first-order chi connectivity index (χ1) is 6.43. The van der Waals surface area contributed by atoms with Crippen LogP contribution >= 0.6 is 0 Å². The average Bonchev–Trinajstić information content (AvgIpc) is 2.12. The lowest BCUT2D eigenvalue weighted by Gasteiger charge is -2.21. The molecule has 0 bridgehead atoms. The number of hydrogen-bond donors (Lipinski definition) is 1. The zero-order chi connectivity index (χ0) is 11.2. The van der Waals surface area contributed by atoms with Crippen molar-refractivity contribution in [1.29, 1.82) is 0 Å². The van der Waals surface area contributed by atoms with Gasteiger partial charge in [-0.2, -0.15) is 0 Å². The fourth-order valence-electron chi connectivity index (χ4n) is 0.916. The molecular formula is C9H19F2NO2. The minimum atomic E-state index is -2.94. The van der Waals surface area contributed by atoms with E-state index in [2.05, 4.69) is 0 Å². The molecule has 0 radical (unpaired) electrons. The van der Waals surface area contributed by atoms with Crippen LogP contribution in [0.2, 0.25) is 0 Å². The molecule has 0 aliphatic carbocycles. The van der Waals surface area contributed by atoms with E-state index in [1.807, 2.05) is 13.8 Å². The Labute approximate surface area is 83.6 Å². The first-order valence-corrected chi connectivity index (χ1v) is 4.61. The van der Waals surface area contributed by atoms with Gasteiger partial charge in [0.2, 0.25) is 0 Å². The van der Waals surface area contributed by atoms with E-state index >= 15 is 0 Å². The van der Waals surface area contributed by atoms with Crippen LogP contribution < -0.4 is 5.73 Å². The van der Waals surface area contributed by atoms with Gasteiger partial charge in [-0.3, -0.25) is 0 Å². The Hall–Kier alpha value is -0.260.